The average molecular weight is 324 g/mol. The van der Waals surface area contributed by atoms with E-state index in [0.717, 1.165) is 10.5 Å². The zero-order valence-corrected chi connectivity index (χ0v) is 12.9. The molecule has 3 rings (SSSR count). The molecule has 0 saturated carbocycles. The second-order valence-corrected chi connectivity index (χ2v) is 5.84. The molecule has 0 bridgehead atoms. The first-order valence-electron chi connectivity index (χ1n) is 7.54. The van der Waals surface area contributed by atoms with Crippen molar-refractivity contribution in [2.45, 2.75) is 24.8 Å². The quantitative estimate of drug-likeness (QED) is 0.847. The lowest BCUT2D eigenvalue weighted by atomic mass is 9.76. The number of imide groups is 1. The van der Waals surface area contributed by atoms with E-state index in [0.29, 0.717) is 5.56 Å². The fourth-order valence-corrected chi connectivity index (χ4v) is 3.12. The number of rotatable bonds is 5. The Morgan fingerprint density at radius 1 is 1.17 bits per heavy atom. The van der Waals surface area contributed by atoms with Crippen LogP contribution in [0.1, 0.15) is 24.0 Å². The number of aliphatic carboxylic acids is 1. The van der Waals surface area contributed by atoms with Gasteiger partial charge in [-0.25, -0.2) is 0 Å². The van der Waals surface area contributed by atoms with Crippen LogP contribution in [-0.2, 0) is 26.3 Å². The highest BCUT2D eigenvalue weighted by molar-refractivity contribution is 6.10. The van der Waals surface area contributed by atoms with Gasteiger partial charge in [-0.15, -0.1) is 0 Å². The molecule has 6 nitrogen and oxygen atoms in total. The van der Waals surface area contributed by atoms with Crippen molar-refractivity contribution in [2.75, 3.05) is 0 Å². The zero-order valence-electron chi connectivity index (χ0n) is 12.9. The first-order chi connectivity index (χ1) is 11.5. The molecule has 0 unspecified atom stereocenters. The van der Waals surface area contributed by atoms with Gasteiger partial charge in [0.15, 0.2) is 0 Å². The van der Waals surface area contributed by atoms with Gasteiger partial charge in [0.25, 0.3) is 0 Å². The van der Waals surface area contributed by atoms with Gasteiger partial charge in [-0.05, 0) is 17.2 Å². The van der Waals surface area contributed by atoms with Gasteiger partial charge in [0.05, 0.1) is 18.4 Å². The third kappa shape index (κ3) is 2.78. The topological polar surface area (TPSA) is 87.6 Å². The normalized spacial score (nSPS) is 20.4. The Morgan fingerprint density at radius 3 is 2.54 bits per heavy atom. The number of carboxylic acids is 1. The van der Waals surface area contributed by atoms with Crippen molar-refractivity contribution in [1.29, 1.82) is 0 Å². The minimum absolute atomic E-state index is 0.0969. The molecule has 1 N–H and O–H groups in total. The first-order valence-corrected chi connectivity index (χ1v) is 7.54. The van der Waals surface area contributed by atoms with Crippen LogP contribution in [0.5, 0.6) is 0 Å². The van der Waals surface area contributed by atoms with E-state index in [1.165, 1.54) is 0 Å². The summed E-state index contributed by atoms with van der Waals surface area (Å²) < 4.78 is 0. The summed E-state index contributed by atoms with van der Waals surface area (Å²) in [5.74, 6) is -1.94. The zero-order chi connectivity index (χ0) is 17.2. The molecule has 24 heavy (non-hydrogen) atoms. The third-order valence-electron chi connectivity index (χ3n) is 4.25. The number of likely N-dealkylation sites (tertiary alicyclic amines) is 1. The number of carbonyl (C=O) groups is 3. The highest BCUT2D eigenvalue weighted by atomic mass is 16.4. The number of amides is 2. The first kappa shape index (κ1) is 15.9. The predicted octanol–water partition coefficient (Wildman–Crippen LogP) is 1.75. The lowest BCUT2D eigenvalue weighted by Gasteiger charge is -2.25. The summed E-state index contributed by atoms with van der Waals surface area (Å²) in [6.45, 7) is 0.0969. The van der Waals surface area contributed by atoms with E-state index in [1.807, 2.05) is 0 Å². The monoisotopic (exact) mass is 324 g/mol. The summed E-state index contributed by atoms with van der Waals surface area (Å²) in [4.78, 5) is 41.9. The van der Waals surface area contributed by atoms with Gasteiger partial charge in [0.2, 0.25) is 11.8 Å². The van der Waals surface area contributed by atoms with Gasteiger partial charge in [-0.3, -0.25) is 24.3 Å². The summed E-state index contributed by atoms with van der Waals surface area (Å²) in [5.41, 5.74) is -0.0651. The van der Waals surface area contributed by atoms with Crippen molar-refractivity contribution in [3.05, 3.63) is 66.0 Å². The van der Waals surface area contributed by atoms with Crippen molar-refractivity contribution in [3.63, 3.8) is 0 Å². The van der Waals surface area contributed by atoms with Gasteiger partial charge in [-0.1, -0.05) is 36.4 Å². The fourth-order valence-electron chi connectivity index (χ4n) is 3.12. The Hall–Kier alpha value is -3.02. The van der Waals surface area contributed by atoms with Crippen molar-refractivity contribution >= 4 is 17.8 Å². The van der Waals surface area contributed by atoms with Crippen LogP contribution in [0.4, 0.5) is 0 Å². The predicted molar refractivity (Wildman–Crippen MR) is 84.8 cm³/mol. The second kappa shape index (κ2) is 6.23. The van der Waals surface area contributed by atoms with Gasteiger partial charge >= 0.3 is 5.97 Å². The standard InChI is InChI=1S/C18H16N2O4/c21-15-9-18(10-16(22)23,14-6-2-1-3-7-14)17(24)20(15)12-13-5-4-8-19-11-13/h1-8,11H,9-10,12H2,(H,22,23)/t18-/m1/s1. The molecule has 0 aliphatic carbocycles. The Bertz CT molecular complexity index is 776. The Balaban J connectivity index is 1.98. The van der Waals surface area contributed by atoms with Gasteiger partial charge in [0.1, 0.15) is 0 Å². The molecule has 1 fully saturated rings. The van der Waals surface area contributed by atoms with E-state index < -0.39 is 23.7 Å². The molecule has 0 spiro atoms. The van der Waals surface area contributed by atoms with Crippen molar-refractivity contribution < 1.29 is 19.5 Å². The Kier molecular flexibility index (Phi) is 4.12. The number of pyridine rings is 1. The lowest BCUT2D eigenvalue weighted by Crippen LogP contribution is -2.39. The Morgan fingerprint density at radius 2 is 1.92 bits per heavy atom. The molecule has 2 heterocycles. The van der Waals surface area contributed by atoms with Gasteiger partial charge < -0.3 is 5.11 Å². The smallest absolute Gasteiger partial charge is 0.304 e. The number of aromatic nitrogens is 1. The molecule has 1 aromatic heterocycles. The molecular formula is C18H16N2O4. The van der Waals surface area contributed by atoms with E-state index in [1.54, 1.807) is 54.9 Å². The molecular weight excluding hydrogens is 308 g/mol. The van der Waals surface area contributed by atoms with Crippen LogP contribution in [-0.4, -0.2) is 32.8 Å². The Labute approximate surface area is 138 Å². The van der Waals surface area contributed by atoms with Crippen LogP contribution in [0.2, 0.25) is 0 Å². The summed E-state index contributed by atoms with van der Waals surface area (Å²) in [6.07, 6.45) is 2.64. The SMILES string of the molecule is O=C(O)C[C@@]1(c2ccccc2)CC(=O)N(Cc2cccnc2)C1=O. The summed E-state index contributed by atoms with van der Waals surface area (Å²) in [5, 5.41) is 9.29. The van der Waals surface area contributed by atoms with Gasteiger partial charge in [-0.2, -0.15) is 0 Å². The van der Waals surface area contributed by atoms with E-state index in [4.69, 9.17) is 0 Å². The maximum atomic E-state index is 13.0. The summed E-state index contributed by atoms with van der Waals surface area (Å²) >= 11 is 0. The molecule has 1 aliphatic rings. The van der Waals surface area contributed by atoms with Gasteiger partial charge in [0, 0.05) is 18.8 Å². The third-order valence-corrected chi connectivity index (χ3v) is 4.25. The number of hydrogen-bond acceptors (Lipinski definition) is 4. The maximum Gasteiger partial charge on any atom is 0.304 e. The maximum absolute atomic E-state index is 13.0. The average Bonchev–Trinajstić information content (AvgIpc) is 2.81. The van der Waals surface area contributed by atoms with Crippen LogP contribution < -0.4 is 0 Å². The molecule has 6 heteroatoms. The molecule has 1 aromatic carbocycles. The van der Waals surface area contributed by atoms with Crippen LogP contribution in [0.25, 0.3) is 0 Å². The lowest BCUT2D eigenvalue weighted by molar-refractivity contribution is -0.145. The molecule has 1 saturated heterocycles. The fraction of sp³-hybridized carbons (Fsp3) is 0.222. The number of nitrogens with zero attached hydrogens (tertiary/aromatic N) is 2. The second-order valence-electron chi connectivity index (χ2n) is 5.84. The molecule has 2 aromatic rings. The molecule has 0 radical (unpaired) electrons. The largest absolute Gasteiger partial charge is 0.481 e. The molecule has 1 aliphatic heterocycles. The minimum Gasteiger partial charge on any atom is -0.481 e. The number of carbonyl (C=O) groups excluding carboxylic acids is 2. The summed E-state index contributed by atoms with van der Waals surface area (Å²) in [6, 6.07) is 12.1. The van der Waals surface area contributed by atoms with Crippen LogP contribution in [0.3, 0.4) is 0 Å². The number of carboxylic acid groups (broad SMARTS) is 1. The van der Waals surface area contributed by atoms with E-state index >= 15 is 0 Å². The minimum atomic E-state index is -1.34. The molecule has 2 amide bonds. The highest BCUT2D eigenvalue weighted by Crippen LogP contribution is 2.40. The van der Waals surface area contributed by atoms with Crippen molar-refractivity contribution in [2.24, 2.45) is 0 Å². The van der Waals surface area contributed by atoms with Crippen molar-refractivity contribution in [3.8, 4) is 0 Å². The number of hydrogen-bond donors (Lipinski definition) is 1. The van der Waals surface area contributed by atoms with Crippen LogP contribution in [0.15, 0.2) is 54.9 Å². The van der Waals surface area contributed by atoms with Crippen LogP contribution >= 0.6 is 0 Å². The highest BCUT2D eigenvalue weighted by Gasteiger charge is 2.53. The summed E-state index contributed by atoms with van der Waals surface area (Å²) in [7, 11) is 0. The molecule has 1 atom stereocenters. The van der Waals surface area contributed by atoms with E-state index in [2.05, 4.69) is 4.98 Å². The van der Waals surface area contributed by atoms with E-state index in [-0.39, 0.29) is 18.9 Å². The molecule has 122 valence electrons. The van der Waals surface area contributed by atoms with Crippen LogP contribution in [0, 0.1) is 0 Å². The number of benzene rings is 1. The van der Waals surface area contributed by atoms with E-state index in [9.17, 15) is 19.5 Å². The van der Waals surface area contributed by atoms with Crippen molar-refractivity contribution in [1.82, 2.24) is 9.88 Å².